The van der Waals surface area contributed by atoms with Crippen LogP contribution in [0.25, 0.3) is 0 Å². The largest absolute Gasteiger partial charge is 0.368 e. The summed E-state index contributed by atoms with van der Waals surface area (Å²) in [5, 5.41) is 3.21. The van der Waals surface area contributed by atoms with Crippen LogP contribution in [0.4, 0.5) is 0 Å². The zero-order valence-electron chi connectivity index (χ0n) is 9.13. The van der Waals surface area contributed by atoms with Gasteiger partial charge in [0.2, 0.25) is 5.91 Å². The van der Waals surface area contributed by atoms with Crippen LogP contribution < -0.4 is 11.1 Å². The third-order valence-electron chi connectivity index (χ3n) is 2.70. The van der Waals surface area contributed by atoms with Crippen molar-refractivity contribution in [2.24, 2.45) is 11.7 Å². The summed E-state index contributed by atoms with van der Waals surface area (Å²) in [5.41, 5.74) is 5.17. The van der Waals surface area contributed by atoms with Crippen LogP contribution in [0.1, 0.15) is 40.5 Å². The average Bonchev–Trinajstić information content (AvgIpc) is 2.06. The van der Waals surface area contributed by atoms with Gasteiger partial charge in [-0.2, -0.15) is 0 Å². The van der Waals surface area contributed by atoms with Crippen LogP contribution in [0.15, 0.2) is 0 Å². The minimum atomic E-state index is -0.280. The molecule has 0 aliphatic carbocycles. The van der Waals surface area contributed by atoms with E-state index in [-0.39, 0.29) is 11.9 Å². The van der Waals surface area contributed by atoms with Gasteiger partial charge in [0, 0.05) is 6.04 Å². The fourth-order valence-electron chi connectivity index (χ4n) is 1.61. The molecule has 0 spiro atoms. The molecule has 0 aliphatic rings. The molecular formula is C10H22N2O. The molecule has 0 saturated carbocycles. The highest BCUT2D eigenvalue weighted by atomic mass is 16.1. The summed E-state index contributed by atoms with van der Waals surface area (Å²) in [6, 6.07) is 0.132. The molecule has 2 atom stereocenters. The number of hydrogen-bond donors (Lipinski definition) is 2. The molecule has 3 nitrogen and oxygen atoms in total. The molecule has 0 rings (SSSR count). The molecular weight excluding hydrogens is 164 g/mol. The lowest BCUT2D eigenvalue weighted by Crippen LogP contribution is -2.46. The van der Waals surface area contributed by atoms with Crippen molar-refractivity contribution in [2.75, 3.05) is 0 Å². The predicted octanol–water partition coefficient (Wildman–Crippen LogP) is 1.27. The van der Waals surface area contributed by atoms with Crippen molar-refractivity contribution in [3.05, 3.63) is 0 Å². The summed E-state index contributed by atoms with van der Waals surface area (Å²) in [4.78, 5) is 10.8. The quantitative estimate of drug-likeness (QED) is 0.656. The molecule has 0 bridgehead atoms. The molecule has 0 aromatic carbocycles. The zero-order chi connectivity index (χ0) is 10.4. The molecule has 0 aromatic heterocycles. The van der Waals surface area contributed by atoms with Gasteiger partial charge in [0.05, 0.1) is 6.04 Å². The SMILES string of the molecule is CCC(CC)C(C)NC(C)C(N)=O. The van der Waals surface area contributed by atoms with Gasteiger partial charge in [0.25, 0.3) is 0 Å². The fraction of sp³-hybridized carbons (Fsp3) is 0.900. The lowest BCUT2D eigenvalue weighted by Gasteiger charge is -2.24. The fourth-order valence-corrected chi connectivity index (χ4v) is 1.61. The summed E-state index contributed by atoms with van der Waals surface area (Å²) >= 11 is 0. The first-order chi connectivity index (χ1) is 6.02. The van der Waals surface area contributed by atoms with Gasteiger partial charge in [-0.1, -0.05) is 26.7 Å². The monoisotopic (exact) mass is 186 g/mol. The van der Waals surface area contributed by atoms with E-state index in [1.807, 2.05) is 0 Å². The number of hydrogen-bond acceptors (Lipinski definition) is 2. The first-order valence-electron chi connectivity index (χ1n) is 5.08. The number of rotatable bonds is 6. The van der Waals surface area contributed by atoms with Crippen molar-refractivity contribution in [2.45, 2.75) is 52.6 Å². The molecule has 3 N–H and O–H groups in total. The molecule has 1 amide bonds. The first-order valence-corrected chi connectivity index (χ1v) is 5.08. The van der Waals surface area contributed by atoms with Crippen LogP contribution in [0.2, 0.25) is 0 Å². The standard InChI is InChI=1S/C10H22N2O/c1-5-9(6-2)7(3)12-8(4)10(11)13/h7-9,12H,5-6H2,1-4H3,(H2,11,13). The second-order valence-corrected chi connectivity index (χ2v) is 3.66. The van der Waals surface area contributed by atoms with E-state index < -0.39 is 0 Å². The van der Waals surface area contributed by atoms with Gasteiger partial charge in [0.15, 0.2) is 0 Å². The van der Waals surface area contributed by atoms with Crippen molar-refractivity contribution < 1.29 is 4.79 Å². The highest BCUT2D eigenvalue weighted by Gasteiger charge is 2.17. The first kappa shape index (κ1) is 12.4. The highest BCUT2D eigenvalue weighted by Crippen LogP contribution is 2.12. The van der Waals surface area contributed by atoms with E-state index in [0.29, 0.717) is 12.0 Å². The van der Waals surface area contributed by atoms with Crippen LogP contribution >= 0.6 is 0 Å². The van der Waals surface area contributed by atoms with Gasteiger partial charge in [-0.3, -0.25) is 4.79 Å². The Morgan fingerprint density at radius 3 is 2.08 bits per heavy atom. The number of nitrogens with two attached hydrogens (primary N) is 1. The number of carbonyl (C=O) groups is 1. The molecule has 0 saturated heterocycles. The van der Waals surface area contributed by atoms with Gasteiger partial charge in [0.1, 0.15) is 0 Å². The van der Waals surface area contributed by atoms with E-state index in [9.17, 15) is 4.79 Å². The normalized spacial score (nSPS) is 15.8. The zero-order valence-corrected chi connectivity index (χ0v) is 9.13. The summed E-state index contributed by atoms with van der Waals surface area (Å²) in [6.07, 6.45) is 2.27. The lowest BCUT2D eigenvalue weighted by atomic mass is 9.95. The van der Waals surface area contributed by atoms with Gasteiger partial charge < -0.3 is 11.1 Å². The van der Waals surface area contributed by atoms with Crippen LogP contribution in [-0.4, -0.2) is 18.0 Å². The van der Waals surface area contributed by atoms with E-state index in [1.165, 1.54) is 0 Å². The molecule has 13 heavy (non-hydrogen) atoms. The van der Waals surface area contributed by atoms with Gasteiger partial charge >= 0.3 is 0 Å². The minimum absolute atomic E-state index is 0.226. The van der Waals surface area contributed by atoms with Gasteiger partial charge in [-0.15, -0.1) is 0 Å². The van der Waals surface area contributed by atoms with E-state index in [4.69, 9.17) is 5.73 Å². The Labute approximate surface area is 81.1 Å². The third kappa shape index (κ3) is 4.27. The molecule has 78 valence electrons. The average molecular weight is 186 g/mol. The second-order valence-electron chi connectivity index (χ2n) is 3.66. The highest BCUT2D eigenvalue weighted by molar-refractivity contribution is 5.79. The van der Waals surface area contributed by atoms with E-state index in [0.717, 1.165) is 12.8 Å². The number of amides is 1. The summed E-state index contributed by atoms with van der Waals surface area (Å²) in [6.45, 7) is 8.25. The van der Waals surface area contributed by atoms with E-state index in [2.05, 4.69) is 26.1 Å². The number of carbonyl (C=O) groups excluding carboxylic acids is 1. The van der Waals surface area contributed by atoms with Crippen molar-refractivity contribution in [3.63, 3.8) is 0 Å². The van der Waals surface area contributed by atoms with Crippen LogP contribution in [-0.2, 0) is 4.79 Å². The molecule has 0 fully saturated rings. The summed E-state index contributed by atoms with van der Waals surface area (Å²) in [7, 11) is 0. The maximum atomic E-state index is 10.8. The Bertz CT molecular complexity index is 155. The molecule has 0 aromatic rings. The maximum absolute atomic E-state index is 10.8. The van der Waals surface area contributed by atoms with E-state index >= 15 is 0 Å². The Morgan fingerprint density at radius 1 is 1.31 bits per heavy atom. The molecule has 0 radical (unpaired) electrons. The summed E-state index contributed by atoms with van der Waals surface area (Å²) < 4.78 is 0. The van der Waals surface area contributed by atoms with E-state index in [1.54, 1.807) is 6.92 Å². The molecule has 0 heterocycles. The Morgan fingerprint density at radius 2 is 1.77 bits per heavy atom. The molecule has 3 heteroatoms. The van der Waals surface area contributed by atoms with Gasteiger partial charge in [-0.25, -0.2) is 0 Å². The Kier molecular flexibility index (Phi) is 5.71. The minimum Gasteiger partial charge on any atom is -0.368 e. The van der Waals surface area contributed by atoms with Crippen molar-refractivity contribution in [1.29, 1.82) is 0 Å². The smallest absolute Gasteiger partial charge is 0.234 e. The lowest BCUT2D eigenvalue weighted by molar-refractivity contribution is -0.119. The van der Waals surface area contributed by atoms with Crippen molar-refractivity contribution >= 4 is 5.91 Å². The number of nitrogens with one attached hydrogen (secondary N) is 1. The number of primary amides is 1. The van der Waals surface area contributed by atoms with Crippen LogP contribution in [0, 0.1) is 5.92 Å². The second kappa shape index (κ2) is 5.97. The third-order valence-corrected chi connectivity index (χ3v) is 2.70. The Hall–Kier alpha value is -0.570. The Balaban J connectivity index is 3.96. The van der Waals surface area contributed by atoms with Crippen molar-refractivity contribution in [1.82, 2.24) is 5.32 Å². The summed E-state index contributed by atoms with van der Waals surface area (Å²) in [5.74, 6) is 0.347. The van der Waals surface area contributed by atoms with Crippen molar-refractivity contribution in [3.8, 4) is 0 Å². The molecule has 2 unspecified atom stereocenters. The van der Waals surface area contributed by atoms with Crippen LogP contribution in [0.5, 0.6) is 0 Å². The molecule has 0 aliphatic heterocycles. The maximum Gasteiger partial charge on any atom is 0.234 e. The van der Waals surface area contributed by atoms with Crippen LogP contribution in [0.3, 0.4) is 0 Å². The van der Waals surface area contributed by atoms with Gasteiger partial charge in [-0.05, 0) is 19.8 Å². The predicted molar refractivity (Wildman–Crippen MR) is 55.3 cm³/mol. The topological polar surface area (TPSA) is 55.1 Å².